The molecule has 0 bridgehead atoms. The Kier molecular flexibility index (Phi) is 2.76. The molecule has 40 valence electrons. The van der Waals surface area contributed by atoms with Gasteiger partial charge in [-0.25, -0.2) is 0 Å². The summed E-state index contributed by atoms with van der Waals surface area (Å²) in [4.78, 5) is 0. The smallest absolute Gasteiger partial charge is 0.162 e. The van der Waals surface area contributed by atoms with Crippen LogP contribution in [-0.2, 0) is 0 Å². The zero-order valence-electron chi connectivity index (χ0n) is 4.13. The maximum Gasteiger partial charge on any atom is 0.162 e. The van der Waals surface area contributed by atoms with Crippen molar-refractivity contribution < 1.29 is 5.21 Å². The molecule has 0 fully saturated rings. The SMILES string of the molecule is CC=CC(N)=NO. The van der Waals surface area contributed by atoms with Gasteiger partial charge < -0.3 is 10.9 Å². The molecule has 0 heterocycles. The number of amidine groups is 1. The van der Waals surface area contributed by atoms with Crippen LogP contribution in [0.3, 0.4) is 0 Å². The first-order valence-corrected chi connectivity index (χ1v) is 1.91. The maximum atomic E-state index is 7.88. The van der Waals surface area contributed by atoms with E-state index in [1.807, 2.05) is 0 Å². The second-order valence-electron chi connectivity index (χ2n) is 1.02. The van der Waals surface area contributed by atoms with Crippen molar-refractivity contribution in [1.29, 1.82) is 0 Å². The molecule has 0 atom stereocenters. The first-order valence-electron chi connectivity index (χ1n) is 1.91. The van der Waals surface area contributed by atoms with E-state index >= 15 is 0 Å². The van der Waals surface area contributed by atoms with Crippen molar-refractivity contribution in [2.24, 2.45) is 10.9 Å². The van der Waals surface area contributed by atoms with Gasteiger partial charge in [-0.15, -0.1) is 0 Å². The molecule has 7 heavy (non-hydrogen) atoms. The van der Waals surface area contributed by atoms with Crippen LogP contribution in [-0.4, -0.2) is 11.0 Å². The van der Waals surface area contributed by atoms with E-state index < -0.39 is 0 Å². The molecule has 0 aromatic rings. The van der Waals surface area contributed by atoms with Gasteiger partial charge in [-0.1, -0.05) is 11.2 Å². The summed E-state index contributed by atoms with van der Waals surface area (Å²) in [7, 11) is 0. The number of hydrogen-bond acceptors (Lipinski definition) is 2. The highest BCUT2D eigenvalue weighted by atomic mass is 16.4. The molecular weight excluding hydrogens is 92.1 g/mol. The van der Waals surface area contributed by atoms with E-state index in [0.29, 0.717) is 0 Å². The van der Waals surface area contributed by atoms with Crippen molar-refractivity contribution in [2.45, 2.75) is 6.92 Å². The molecule has 0 spiro atoms. The quantitative estimate of drug-likeness (QED) is 0.215. The van der Waals surface area contributed by atoms with E-state index in [9.17, 15) is 0 Å². The van der Waals surface area contributed by atoms with Gasteiger partial charge in [0.15, 0.2) is 5.84 Å². The molecule has 0 aliphatic carbocycles. The van der Waals surface area contributed by atoms with E-state index in [0.717, 1.165) is 0 Å². The third-order valence-corrected chi connectivity index (χ3v) is 0.453. The number of hydrogen-bond donors (Lipinski definition) is 2. The Balaban J connectivity index is 3.58. The Morgan fingerprint density at radius 3 is 2.57 bits per heavy atom. The van der Waals surface area contributed by atoms with Crippen LogP contribution in [0.5, 0.6) is 0 Å². The lowest BCUT2D eigenvalue weighted by atomic mass is 10.5. The maximum absolute atomic E-state index is 7.88. The standard InChI is InChI=1S/C4H8N2O/c1-2-3-4(5)6-7/h2-3,7H,1H3,(H2,5,6). The van der Waals surface area contributed by atoms with E-state index in [2.05, 4.69) is 5.16 Å². The highest BCUT2D eigenvalue weighted by molar-refractivity contribution is 5.90. The van der Waals surface area contributed by atoms with Gasteiger partial charge in [-0.2, -0.15) is 0 Å². The van der Waals surface area contributed by atoms with Crippen LogP contribution in [0, 0.1) is 0 Å². The first-order chi connectivity index (χ1) is 3.31. The van der Waals surface area contributed by atoms with Crippen molar-refractivity contribution in [2.75, 3.05) is 0 Å². The Hall–Kier alpha value is -0.990. The van der Waals surface area contributed by atoms with Crippen molar-refractivity contribution in [1.82, 2.24) is 0 Å². The fourth-order valence-electron chi connectivity index (χ4n) is 0.204. The number of oxime groups is 1. The lowest BCUT2D eigenvalue weighted by Crippen LogP contribution is -2.06. The molecule has 0 aromatic heterocycles. The predicted molar refractivity (Wildman–Crippen MR) is 28.2 cm³/mol. The summed E-state index contributed by atoms with van der Waals surface area (Å²) in [6.07, 6.45) is 3.19. The summed E-state index contributed by atoms with van der Waals surface area (Å²) < 4.78 is 0. The summed E-state index contributed by atoms with van der Waals surface area (Å²) >= 11 is 0. The fraction of sp³-hybridized carbons (Fsp3) is 0.250. The fourth-order valence-corrected chi connectivity index (χ4v) is 0.204. The Bertz CT molecular complexity index is 95.9. The molecule has 0 unspecified atom stereocenters. The molecule has 0 saturated heterocycles. The zero-order valence-corrected chi connectivity index (χ0v) is 4.13. The van der Waals surface area contributed by atoms with E-state index in [1.165, 1.54) is 6.08 Å². The summed E-state index contributed by atoms with van der Waals surface area (Å²) in [5, 5.41) is 10.6. The Labute approximate surface area is 42.1 Å². The van der Waals surface area contributed by atoms with Crippen LogP contribution in [0.2, 0.25) is 0 Å². The summed E-state index contributed by atoms with van der Waals surface area (Å²) in [5.74, 6) is 0.127. The lowest BCUT2D eigenvalue weighted by molar-refractivity contribution is 0.319. The van der Waals surface area contributed by atoms with Gasteiger partial charge in [-0.05, 0) is 13.0 Å². The molecule has 3 heteroatoms. The molecule has 3 nitrogen and oxygen atoms in total. The predicted octanol–water partition coefficient (Wildman–Crippen LogP) is 0.309. The van der Waals surface area contributed by atoms with E-state index in [-0.39, 0.29) is 5.84 Å². The molecule has 0 rings (SSSR count). The number of nitrogens with two attached hydrogens (primary N) is 1. The molecule has 0 radical (unpaired) electrons. The summed E-state index contributed by atoms with van der Waals surface area (Å²) in [6, 6.07) is 0. The highest BCUT2D eigenvalue weighted by Crippen LogP contribution is 1.68. The molecule has 0 aromatic carbocycles. The Morgan fingerprint density at radius 1 is 1.86 bits per heavy atom. The molecule has 0 aliphatic rings. The van der Waals surface area contributed by atoms with Crippen LogP contribution in [0.1, 0.15) is 6.92 Å². The average Bonchev–Trinajstić information content (AvgIpc) is 1.68. The van der Waals surface area contributed by atoms with Crippen molar-refractivity contribution in [3.63, 3.8) is 0 Å². The minimum atomic E-state index is 0.127. The molecule has 0 aliphatic heterocycles. The summed E-state index contributed by atoms with van der Waals surface area (Å²) in [6.45, 7) is 1.79. The third-order valence-electron chi connectivity index (χ3n) is 0.453. The van der Waals surface area contributed by atoms with Crippen LogP contribution in [0.15, 0.2) is 17.3 Å². The van der Waals surface area contributed by atoms with Gasteiger partial charge in [0.25, 0.3) is 0 Å². The topological polar surface area (TPSA) is 58.6 Å². The van der Waals surface area contributed by atoms with Crippen LogP contribution in [0.25, 0.3) is 0 Å². The largest absolute Gasteiger partial charge is 0.409 e. The van der Waals surface area contributed by atoms with Crippen LogP contribution < -0.4 is 5.73 Å². The van der Waals surface area contributed by atoms with Gasteiger partial charge in [0.05, 0.1) is 0 Å². The molecule has 0 amide bonds. The number of nitrogens with zero attached hydrogens (tertiary/aromatic N) is 1. The lowest BCUT2D eigenvalue weighted by Gasteiger charge is -1.79. The molecule has 3 N–H and O–H groups in total. The highest BCUT2D eigenvalue weighted by Gasteiger charge is 1.74. The van der Waals surface area contributed by atoms with Crippen molar-refractivity contribution in [3.8, 4) is 0 Å². The van der Waals surface area contributed by atoms with Crippen LogP contribution in [0.4, 0.5) is 0 Å². The second-order valence-corrected chi connectivity index (χ2v) is 1.02. The summed E-state index contributed by atoms with van der Waals surface area (Å²) in [5.41, 5.74) is 5.00. The van der Waals surface area contributed by atoms with E-state index in [4.69, 9.17) is 10.9 Å². The second kappa shape index (κ2) is 3.21. The van der Waals surface area contributed by atoms with Crippen molar-refractivity contribution in [3.05, 3.63) is 12.2 Å². The molecule has 0 saturated carbocycles. The monoisotopic (exact) mass is 100 g/mol. The normalized spacial score (nSPS) is 13.0. The number of rotatable bonds is 1. The minimum Gasteiger partial charge on any atom is -0.409 e. The van der Waals surface area contributed by atoms with Gasteiger partial charge in [0.2, 0.25) is 0 Å². The molecular formula is C4H8N2O. The third kappa shape index (κ3) is 2.82. The van der Waals surface area contributed by atoms with Crippen LogP contribution >= 0.6 is 0 Å². The zero-order chi connectivity index (χ0) is 5.70. The average molecular weight is 100 g/mol. The minimum absolute atomic E-state index is 0.127. The number of allylic oxidation sites excluding steroid dienone is 1. The van der Waals surface area contributed by atoms with Gasteiger partial charge >= 0.3 is 0 Å². The van der Waals surface area contributed by atoms with Gasteiger partial charge in [0, 0.05) is 0 Å². The van der Waals surface area contributed by atoms with Gasteiger partial charge in [-0.3, -0.25) is 0 Å². The van der Waals surface area contributed by atoms with Gasteiger partial charge in [0.1, 0.15) is 0 Å². The first kappa shape index (κ1) is 6.01. The van der Waals surface area contributed by atoms with E-state index in [1.54, 1.807) is 13.0 Å². The Morgan fingerprint density at radius 2 is 2.43 bits per heavy atom. The van der Waals surface area contributed by atoms with Crippen molar-refractivity contribution >= 4 is 5.84 Å².